The Bertz CT molecular complexity index is 1300. The molecule has 2 aliphatic heterocycles. The first kappa shape index (κ1) is 23.0. The maximum atomic E-state index is 15.2. The van der Waals surface area contributed by atoms with Crippen LogP contribution in [0, 0.1) is 24.5 Å². The van der Waals surface area contributed by atoms with Crippen molar-refractivity contribution in [2.24, 2.45) is 10.9 Å². The molecule has 0 aliphatic carbocycles. The molecule has 8 heteroatoms. The number of ketones is 1. The van der Waals surface area contributed by atoms with Gasteiger partial charge in [-0.25, -0.2) is 17.2 Å². The summed E-state index contributed by atoms with van der Waals surface area (Å²) in [5.74, 6) is -4.19. The van der Waals surface area contributed by atoms with Crippen molar-refractivity contribution in [3.8, 4) is 0 Å². The minimum atomic E-state index is -3.57. The average Bonchev–Trinajstić information content (AvgIpc) is 3.19. The Hall–Kier alpha value is -3.13. The van der Waals surface area contributed by atoms with Crippen molar-refractivity contribution in [3.05, 3.63) is 88.1 Å². The number of halogens is 2. The van der Waals surface area contributed by atoms with E-state index in [-0.39, 0.29) is 16.9 Å². The van der Waals surface area contributed by atoms with Crippen LogP contribution in [0.2, 0.25) is 0 Å². The summed E-state index contributed by atoms with van der Waals surface area (Å²) in [4.78, 5) is 17.7. The summed E-state index contributed by atoms with van der Waals surface area (Å²) in [6.07, 6.45) is 4.94. The number of fused-ring (bicyclic) bond motifs is 1. The van der Waals surface area contributed by atoms with Crippen molar-refractivity contribution in [1.29, 1.82) is 0 Å². The highest BCUT2D eigenvalue weighted by molar-refractivity contribution is 7.90. The Morgan fingerprint density at radius 3 is 2.55 bits per heavy atom. The van der Waals surface area contributed by atoms with Crippen LogP contribution < -0.4 is 5.32 Å². The molecule has 33 heavy (non-hydrogen) atoms. The number of aliphatic imine (C=N–C) groups is 1. The molecule has 2 unspecified atom stereocenters. The Morgan fingerprint density at radius 2 is 1.85 bits per heavy atom. The third kappa shape index (κ3) is 4.66. The fourth-order valence-electron chi connectivity index (χ4n) is 4.07. The fourth-order valence-corrected chi connectivity index (χ4v) is 5.54. The highest BCUT2D eigenvalue weighted by atomic mass is 32.2. The maximum Gasteiger partial charge on any atom is 0.197 e. The van der Waals surface area contributed by atoms with E-state index in [1.54, 1.807) is 13.1 Å². The van der Waals surface area contributed by atoms with Gasteiger partial charge in [-0.15, -0.1) is 0 Å². The van der Waals surface area contributed by atoms with Crippen molar-refractivity contribution in [3.63, 3.8) is 0 Å². The monoisotopic (exact) mass is 470 g/mol. The molecule has 2 heterocycles. The normalized spacial score (nSPS) is 19.5. The molecule has 0 bridgehead atoms. The minimum Gasteiger partial charge on any atom is -0.369 e. The summed E-state index contributed by atoms with van der Waals surface area (Å²) in [6, 6.07) is 9.85. The molecule has 2 aromatic carbocycles. The number of aryl methyl sites for hydroxylation is 1. The summed E-state index contributed by atoms with van der Waals surface area (Å²) in [6.45, 7) is 3.68. The molecule has 0 fully saturated rings. The first-order valence-electron chi connectivity index (χ1n) is 10.7. The Labute approximate surface area is 191 Å². The van der Waals surface area contributed by atoms with Crippen LogP contribution in [0.25, 0.3) is 5.57 Å². The molecule has 4 rings (SSSR count). The SMILES string of the molecule is CCCS(=O)(=O)Cc1ccc(F)c(C(=O)C2=CNC3N=CC(c4ccc(C)cc4)=CC23)c1F. The van der Waals surface area contributed by atoms with Gasteiger partial charge in [0.05, 0.1) is 17.1 Å². The lowest BCUT2D eigenvalue weighted by atomic mass is 9.87. The van der Waals surface area contributed by atoms with Gasteiger partial charge >= 0.3 is 0 Å². The first-order valence-corrected chi connectivity index (χ1v) is 12.5. The van der Waals surface area contributed by atoms with Crippen molar-refractivity contribution < 1.29 is 22.0 Å². The van der Waals surface area contributed by atoms with E-state index in [1.165, 1.54) is 6.20 Å². The summed E-state index contributed by atoms with van der Waals surface area (Å²) in [7, 11) is -3.57. The van der Waals surface area contributed by atoms with E-state index in [2.05, 4.69) is 10.3 Å². The van der Waals surface area contributed by atoms with Crippen LogP contribution in [0.4, 0.5) is 8.78 Å². The van der Waals surface area contributed by atoms with Crippen molar-refractivity contribution in [2.45, 2.75) is 32.2 Å². The maximum absolute atomic E-state index is 15.2. The van der Waals surface area contributed by atoms with Gasteiger partial charge in [-0.3, -0.25) is 9.79 Å². The molecule has 2 aromatic rings. The van der Waals surface area contributed by atoms with E-state index in [9.17, 15) is 17.6 Å². The number of sulfone groups is 1. The molecule has 0 radical (unpaired) electrons. The second-order valence-electron chi connectivity index (χ2n) is 8.32. The van der Waals surface area contributed by atoms with E-state index in [1.807, 2.05) is 37.3 Å². The third-order valence-electron chi connectivity index (χ3n) is 5.78. The second kappa shape index (κ2) is 9.02. The Kier molecular flexibility index (Phi) is 6.30. The molecule has 0 amide bonds. The highest BCUT2D eigenvalue weighted by Gasteiger charge is 2.36. The molecule has 2 aliphatic rings. The van der Waals surface area contributed by atoms with E-state index in [0.29, 0.717) is 6.42 Å². The molecule has 0 spiro atoms. The van der Waals surface area contributed by atoms with E-state index < -0.39 is 50.7 Å². The van der Waals surface area contributed by atoms with Gasteiger partial charge in [0, 0.05) is 29.5 Å². The standard InChI is InChI=1S/C25H24F2N2O3S/c1-3-10-33(31,32)14-17-8-9-21(26)22(23(17)27)24(30)20-13-29-25-19(20)11-18(12-28-25)16-6-4-15(2)5-7-16/h4-9,11-13,19,25,29H,3,10,14H2,1-2H3. The number of carbonyl (C=O) groups excluding carboxylic acids is 1. The number of dihydropyridines is 1. The summed E-state index contributed by atoms with van der Waals surface area (Å²) in [5, 5.41) is 2.98. The van der Waals surface area contributed by atoms with E-state index in [0.717, 1.165) is 28.8 Å². The van der Waals surface area contributed by atoms with Gasteiger partial charge in [0.25, 0.3) is 0 Å². The van der Waals surface area contributed by atoms with Gasteiger partial charge in [-0.2, -0.15) is 0 Å². The lowest BCUT2D eigenvalue weighted by Gasteiger charge is -2.21. The highest BCUT2D eigenvalue weighted by Crippen LogP contribution is 2.34. The van der Waals surface area contributed by atoms with E-state index in [4.69, 9.17) is 0 Å². The lowest BCUT2D eigenvalue weighted by molar-refractivity contribution is 0.101. The van der Waals surface area contributed by atoms with Crippen LogP contribution in [-0.4, -0.2) is 32.3 Å². The molecule has 0 saturated heterocycles. The van der Waals surface area contributed by atoms with Crippen LogP contribution in [-0.2, 0) is 15.6 Å². The second-order valence-corrected chi connectivity index (χ2v) is 10.5. The number of carbonyl (C=O) groups is 1. The lowest BCUT2D eigenvalue weighted by Crippen LogP contribution is -2.28. The number of hydrogen-bond donors (Lipinski definition) is 1. The Balaban J connectivity index is 1.66. The zero-order chi connectivity index (χ0) is 23.8. The number of hydrogen-bond acceptors (Lipinski definition) is 5. The van der Waals surface area contributed by atoms with Crippen molar-refractivity contribution in [1.82, 2.24) is 5.32 Å². The Morgan fingerprint density at radius 1 is 1.12 bits per heavy atom. The molecule has 5 nitrogen and oxygen atoms in total. The predicted octanol–water partition coefficient (Wildman–Crippen LogP) is 4.38. The third-order valence-corrected chi connectivity index (χ3v) is 7.56. The number of nitrogens with zero attached hydrogens (tertiary/aromatic N) is 1. The number of nitrogens with one attached hydrogen (secondary N) is 1. The van der Waals surface area contributed by atoms with Crippen molar-refractivity contribution in [2.75, 3.05) is 5.75 Å². The van der Waals surface area contributed by atoms with Crippen LogP contribution in [0.5, 0.6) is 0 Å². The molecule has 2 atom stereocenters. The van der Waals surface area contributed by atoms with Crippen LogP contribution >= 0.6 is 0 Å². The summed E-state index contributed by atoms with van der Waals surface area (Å²) < 4.78 is 54.1. The minimum absolute atomic E-state index is 0.115. The molecule has 0 saturated carbocycles. The van der Waals surface area contributed by atoms with Crippen LogP contribution in [0.3, 0.4) is 0 Å². The smallest absolute Gasteiger partial charge is 0.197 e. The topological polar surface area (TPSA) is 75.6 Å². The van der Waals surface area contributed by atoms with Crippen molar-refractivity contribution >= 4 is 27.4 Å². The zero-order valence-electron chi connectivity index (χ0n) is 18.3. The zero-order valence-corrected chi connectivity index (χ0v) is 19.1. The molecule has 0 aromatic heterocycles. The van der Waals surface area contributed by atoms with Gasteiger partial charge in [-0.1, -0.05) is 48.9 Å². The van der Waals surface area contributed by atoms with Gasteiger partial charge < -0.3 is 5.32 Å². The van der Waals surface area contributed by atoms with Gasteiger partial charge in [0.15, 0.2) is 15.6 Å². The average molecular weight is 471 g/mol. The molecule has 1 N–H and O–H groups in total. The van der Waals surface area contributed by atoms with Crippen LogP contribution in [0.15, 0.2) is 59.2 Å². The predicted molar refractivity (Wildman–Crippen MR) is 125 cm³/mol. The number of rotatable bonds is 7. The van der Waals surface area contributed by atoms with Crippen LogP contribution in [0.1, 0.15) is 40.4 Å². The number of Topliss-reactive ketones (excluding diaryl/α,β-unsaturated/α-hetero) is 1. The van der Waals surface area contributed by atoms with E-state index >= 15 is 4.39 Å². The first-order chi connectivity index (χ1) is 15.7. The van der Waals surface area contributed by atoms with Gasteiger partial charge in [0.2, 0.25) is 0 Å². The number of allylic oxidation sites excluding steroid dienone is 1. The van der Waals surface area contributed by atoms with Gasteiger partial charge in [0.1, 0.15) is 17.8 Å². The quantitative estimate of drug-likeness (QED) is 0.610. The summed E-state index contributed by atoms with van der Waals surface area (Å²) >= 11 is 0. The molecular weight excluding hydrogens is 446 g/mol. The summed E-state index contributed by atoms with van der Waals surface area (Å²) in [5.41, 5.74) is 2.05. The number of benzene rings is 2. The fraction of sp³-hybridized carbons (Fsp3) is 0.280. The molecular formula is C25H24F2N2O3S. The molecule has 172 valence electrons. The van der Waals surface area contributed by atoms with Gasteiger partial charge in [-0.05, 0) is 30.5 Å². The largest absolute Gasteiger partial charge is 0.369 e.